The molecular formula is C14H26O2. The van der Waals surface area contributed by atoms with Crippen molar-refractivity contribution in [2.45, 2.75) is 65.7 Å². The number of carboxylic acids is 1. The van der Waals surface area contributed by atoms with Gasteiger partial charge in [0.1, 0.15) is 0 Å². The fraction of sp³-hybridized carbons (Fsp3) is 0.786. The van der Waals surface area contributed by atoms with Crippen LogP contribution in [-0.2, 0) is 4.79 Å². The Hall–Kier alpha value is -0.790. The van der Waals surface area contributed by atoms with Crippen molar-refractivity contribution < 1.29 is 9.90 Å². The molecule has 2 nitrogen and oxygen atoms in total. The molecule has 0 bridgehead atoms. The van der Waals surface area contributed by atoms with Gasteiger partial charge < -0.3 is 5.11 Å². The Bertz CT molecular complexity index is 211. The Kier molecular flexibility index (Phi) is 7.96. The molecule has 0 heterocycles. The molecule has 2 heteroatoms. The van der Waals surface area contributed by atoms with Gasteiger partial charge in [0.15, 0.2) is 0 Å². The van der Waals surface area contributed by atoms with E-state index >= 15 is 0 Å². The molecule has 0 spiro atoms. The van der Waals surface area contributed by atoms with E-state index in [0.29, 0.717) is 5.41 Å². The third kappa shape index (κ3) is 13.2. The third-order valence-electron chi connectivity index (χ3n) is 2.56. The van der Waals surface area contributed by atoms with Gasteiger partial charge in [-0.25, -0.2) is 4.79 Å². The minimum Gasteiger partial charge on any atom is -0.478 e. The number of carbonyl (C=O) groups is 1. The maximum atomic E-state index is 10.2. The van der Waals surface area contributed by atoms with E-state index in [0.717, 1.165) is 12.8 Å². The fourth-order valence-electron chi connectivity index (χ4n) is 1.63. The SMILES string of the molecule is CC(C)(C)CCCCCCCC=CC(=O)O. The number of hydrogen-bond acceptors (Lipinski definition) is 1. The largest absolute Gasteiger partial charge is 0.478 e. The van der Waals surface area contributed by atoms with Crippen LogP contribution in [0.25, 0.3) is 0 Å². The molecule has 0 fully saturated rings. The highest BCUT2D eigenvalue weighted by atomic mass is 16.4. The summed E-state index contributed by atoms with van der Waals surface area (Å²) in [5.41, 5.74) is 0.463. The molecule has 0 aromatic rings. The summed E-state index contributed by atoms with van der Waals surface area (Å²) >= 11 is 0. The van der Waals surface area contributed by atoms with Crippen molar-refractivity contribution in [3.05, 3.63) is 12.2 Å². The molecule has 0 aliphatic rings. The predicted molar refractivity (Wildman–Crippen MR) is 68.5 cm³/mol. The zero-order valence-corrected chi connectivity index (χ0v) is 11.0. The second-order valence-electron chi connectivity index (χ2n) is 5.61. The van der Waals surface area contributed by atoms with Gasteiger partial charge in [0.25, 0.3) is 0 Å². The lowest BCUT2D eigenvalue weighted by Crippen LogP contribution is -2.03. The summed E-state index contributed by atoms with van der Waals surface area (Å²) in [4.78, 5) is 10.2. The number of carboxylic acid groups (broad SMARTS) is 1. The lowest BCUT2D eigenvalue weighted by atomic mass is 9.89. The first-order valence-corrected chi connectivity index (χ1v) is 6.31. The summed E-state index contributed by atoms with van der Waals surface area (Å²) in [5, 5.41) is 8.38. The van der Waals surface area contributed by atoms with Crippen molar-refractivity contribution in [1.29, 1.82) is 0 Å². The molecule has 0 aromatic carbocycles. The summed E-state index contributed by atoms with van der Waals surface area (Å²) in [6, 6.07) is 0. The summed E-state index contributed by atoms with van der Waals surface area (Å²) in [7, 11) is 0. The highest BCUT2D eigenvalue weighted by molar-refractivity contribution is 5.79. The molecule has 0 unspecified atom stereocenters. The summed E-state index contributed by atoms with van der Waals surface area (Å²) < 4.78 is 0. The average Bonchev–Trinajstić information content (AvgIpc) is 2.13. The van der Waals surface area contributed by atoms with Crippen LogP contribution in [0.2, 0.25) is 0 Å². The van der Waals surface area contributed by atoms with E-state index in [-0.39, 0.29) is 0 Å². The number of aliphatic carboxylic acids is 1. The summed E-state index contributed by atoms with van der Waals surface area (Å²) in [5.74, 6) is -0.842. The van der Waals surface area contributed by atoms with E-state index in [4.69, 9.17) is 5.11 Å². The highest BCUT2D eigenvalue weighted by Gasteiger charge is 2.08. The van der Waals surface area contributed by atoms with Gasteiger partial charge in [-0.15, -0.1) is 0 Å². The van der Waals surface area contributed by atoms with Crippen molar-refractivity contribution in [3.8, 4) is 0 Å². The molecular weight excluding hydrogens is 200 g/mol. The quantitative estimate of drug-likeness (QED) is 0.492. The van der Waals surface area contributed by atoms with Crippen LogP contribution in [0.3, 0.4) is 0 Å². The molecule has 0 atom stereocenters. The van der Waals surface area contributed by atoms with Crippen LogP contribution in [0, 0.1) is 5.41 Å². The average molecular weight is 226 g/mol. The van der Waals surface area contributed by atoms with E-state index in [1.54, 1.807) is 6.08 Å². The molecule has 0 radical (unpaired) electrons. The van der Waals surface area contributed by atoms with Crippen molar-refractivity contribution >= 4 is 5.97 Å². The molecule has 0 saturated heterocycles. The Morgan fingerprint density at radius 3 is 2.19 bits per heavy atom. The molecule has 0 aliphatic heterocycles. The Labute approximate surface area is 99.7 Å². The van der Waals surface area contributed by atoms with Crippen LogP contribution < -0.4 is 0 Å². The van der Waals surface area contributed by atoms with E-state index in [1.165, 1.54) is 38.2 Å². The van der Waals surface area contributed by atoms with Gasteiger partial charge >= 0.3 is 5.97 Å². The van der Waals surface area contributed by atoms with Gasteiger partial charge in [0.05, 0.1) is 0 Å². The lowest BCUT2D eigenvalue weighted by molar-refractivity contribution is -0.131. The Morgan fingerprint density at radius 2 is 1.62 bits per heavy atom. The van der Waals surface area contributed by atoms with Crippen LogP contribution in [0.1, 0.15) is 65.7 Å². The van der Waals surface area contributed by atoms with Crippen molar-refractivity contribution in [3.63, 3.8) is 0 Å². The van der Waals surface area contributed by atoms with E-state index in [9.17, 15) is 4.79 Å². The first-order valence-electron chi connectivity index (χ1n) is 6.31. The van der Waals surface area contributed by atoms with E-state index < -0.39 is 5.97 Å². The molecule has 1 N–H and O–H groups in total. The van der Waals surface area contributed by atoms with Crippen molar-refractivity contribution in [2.24, 2.45) is 5.41 Å². The number of hydrogen-bond donors (Lipinski definition) is 1. The molecule has 16 heavy (non-hydrogen) atoms. The monoisotopic (exact) mass is 226 g/mol. The molecule has 0 saturated carbocycles. The molecule has 94 valence electrons. The highest BCUT2D eigenvalue weighted by Crippen LogP contribution is 2.22. The second-order valence-corrected chi connectivity index (χ2v) is 5.61. The fourth-order valence-corrected chi connectivity index (χ4v) is 1.63. The number of unbranched alkanes of at least 4 members (excludes halogenated alkanes) is 5. The van der Waals surface area contributed by atoms with Crippen molar-refractivity contribution in [2.75, 3.05) is 0 Å². The normalized spacial score (nSPS) is 12.2. The lowest BCUT2D eigenvalue weighted by Gasteiger charge is -2.17. The van der Waals surface area contributed by atoms with Gasteiger partial charge in [-0.1, -0.05) is 52.5 Å². The van der Waals surface area contributed by atoms with Crippen LogP contribution in [0.15, 0.2) is 12.2 Å². The standard InChI is InChI=1S/C14H26O2/c1-14(2,3)12-10-8-6-4-5-7-9-11-13(15)16/h9,11H,4-8,10,12H2,1-3H3,(H,15,16). The topological polar surface area (TPSA) is 37.3 Å². The smallest absolute Gasteiger partial charge is 0.327 e. The first kappa shape index (κ1) is 15.2. The third-order valence-corrected chi connectivity index (χ3v) is 2.56. The van der Waals surface area contributed by atoms with Gasteiger partial charge in [0.2, 0.25) is 0 Å². The maximum Gasteiger partial charge on any atom is 0.327 e. The van der Waals surface area contributed by atoms with Gasteiger partial charge in [-0.3, -0.25) is 0 Å². The number of rotatable bonds is 8. The molecule has 0 aromatic heterocycles. The van der Waals surface area contributed by atoms with Crippen LogP contribution in [0.4, 0.5) is 0 Å². The van der Waals surface area contributed by atoms with Crippen molar-refractivity contribution in [1.82, 2.24) is 0 Å². The van der Waals surface area contributed by atoms with E-state index in [2.05, 4.69) is 20.8 Å². The molecule has 0 aliphatic carbocycles. The summed E-state index contributed by atoms with van der Waals surface area (Å²) in [6.45, 7) is 6.84. The minimum absolute atomic E-state index is 0.463. The zero-order valence-electron chi connectivity index (χ0n) is 11.0. The van der Waals surface area contributed by atoms with Crippen LogP contribution >= 0.6 is 0 Å². The zero-order chi connectivity index (χ0) is 12.4. The Balaban J connectivity index is 3.19. The van der Waals surface area contributed by atoms with Crippen LogP contribution in [-0.4, -0.2) is 11.1 Å². The Morgan fingerprint density at radius 1 is 1.06 bits per heavy atom. The number of allylic oxidation sites excluding steroid dienone is 1. The van der Waals surface area contributed by atoms with Gasteiger partial charge in [0, 0.05) is 6.08 Å². The van der Waals surface area contributed by atoms with Gasteiger partial charge in [-0.05, 0) is 24.7 Å². The minimum atomic E-state index is -0.842. The molecule has 0 rings (SSSR count). The molecule has 0 amide bonds. The van der Waals surface area contributed by atoms with E-state index in [1.807, 2.05) is 0 Å². The predicted octanol–water partition coefficient (Wildman–Crippen LogP) is 4.40. The maximum absolute atomic E-state index is 10.2. The summed E-state index contributed by atoms with van der Waals surface area (Å²) in [6.07, 6.45) is 11.4. The van der Waals surface area contributed by atoms with Gasteiger partial charge in [-0.2, -0.15) is 0 Å². The van der Waals surface area contributed by atoms with Crippen LogP contribution in [0.5, 0.6) is 0 Å². The first-order chi connectivity index (χ1) is 7.42. The second kappa shape index (κ2) is 8.37.